The summed E-state index contributed by atoms with van der Waals surface area (Å²) in [6, 6.07) is 2.11. The maximum Gasteiger partial charge on any atom is 0.308 e. The summed E-state index contributed by atoms with van der Waals surface area (Å²) >= 11 is 0. The summed E-state index contributed by atoms with van der Waals surface area (Å²) in [5.41, 5.74) is 2.12. The van der Waals surface area contributed by atoms with Gasteiger partial charge >= 0.3 is 5.97 Å². The summed E-state index contributed by atoms with van der Waals surface area (Å²) in [4.78, 5) is 17.6. The second-order valence-corrected chi connectivity index (χ2v) is 5.69. The summed E-state index contributed by atoms with van der Waals surface area (Å²) < 4.78 is 1.87. The van der Waals surface area contributed by atoms with Crippen molar-refractivity contribution in [2.45, 2.75) is 25.2 Å². The van der Waals surface area contributed by atoms with E-state index in [0.717, 1.165) is 23.6 Å². The lowest BCUT2D eigenvalue weighted by Crippen LogP contribution is -2.24. The van der Waals surface area contributed by atoms with Crippen molar-refractivity contribution < 1.29 is 9.90 Å². The van der Waals surface area contributed by atoms with Crippen LogP contribution in [0, 0.1) is 5.92 Å². The molecule has 2 aliphatic rings. The topological polar surface area (TPSA) is 70.7 Å². The van der Waals surface area contributed by atoms with Crippen LogP contribution in [0.4, 0.5) is 5.82 Å². The van der Waals surface area contributed by atoms with E-state index in [2.05, 4.69) is 21.0 Å². The molecule has 0 amide bonds. The number of carboxylic acid groups (broad SMARTS) is 1. The highest BCUT2D eigenvalue weighted by molar-refractivity contribution is 5.74. The van der Waals surface area contributed by atoms with Gasteiger partial charge in [0.25, 0.3) is 0 Å². The van der Waals surface area contributed by atoms with Gasteiger partial charge in [-0.15, -0.1) is 0 Å². The molecule has 1 atom stereocenters. The van der Waals surface area contributed by atoms with E-state index in [-0.39, 0.29) is 5.92 Å². The van der Waals surface area contributed by atoms with Gasteiger partial charge in [-0.1, -0.05) is 0 Å². The van der Waals surface area contributed by atoms with E-state index in [1.807, 2.05) is 10.7 Å². The molecule has 1 saturated heterocycles. The standard InChI is InChI=1S/C14H16N4O2/c19-14(20)10-3-5-17(8-10)13-12-7-11(9-1-2-9)16-18(12)6-4-15-13/h4,6-7,9-10H,1-3,5,8H2,(H,19,20)/t10-/m1/s1. The first-order valence-corrected chi connectivity index (χ1v) is 7.04. The first-order valence-electron chi connectivity index (χ1n) is 7.04. The molecular formula is C14H16N4O2. The minimum atomic E-state index is -0.716. The molecule has 0 radical (unpaired) electrons. The van der Waals surface area contributed by atoms with Crippen LogP contribution >= 0.6 is 0 Å². The highest BCUT2D eigenvalue weighted by atomic mass is 16.4. The summed E-state index contributed by atoms with van der Waals surface area (Å²) in [5.74, 6) is 0.457. The Morgan fingerprint density at radius 3 is 2.90 bits per heavy atom. The Hall–Kier alpha value is -2.11. The lowest BCUT2D eigenvalue weighted by atomic mass is 10.1. The average molecular weight is 272 g/mol. The number of anilines is 1. The summed E-state index contributed by atoms with van der Waals surface area (Å²) in [6.07, 6.45) is 6.71. The van der Waals surface area contributed by atoms with E-state index in [4.69, 9.17) is 5.11 Å². The number of rotatable bonds is 3. The number of hydrogen-bond donors (Lipinski definition) is 1. The normalized spacial score (nSPS) is 22.6. The second-order valence-electron chi connectivity index (χ2n) is 5.69. The van der Waals surface area contributed by atoms with Crippen LogP contribution in [0.25, 0.3) is 5.52 Å². The zero-order valence-corrected chi connectivity index (χ0v) is 11.1. The third-order valence-electron chi connectivity index (χ3n) is 4.22. The predicted octanol–water partition coefficient (Wildman–Crippen LogP) is 1.52. The number of aromatic nitrogens is 3. The molecule has 6 heteroatoms. The van der Waals surface area contributed by atoms with Crippen molar-refractivity contribution in [1.29, 1.82) is 0 Å². The number of carboxylic acids is 1. The highest BCUT2D eigenvalue weighted by Crippen LogP contribution is 2.40. The maximum atomic E-state index is 11.1. The third kappa shape index (κ3) is 1.83. The van der Waals surface area contributed by atoms with Crippen molar-refractivity contribution in [3.8, 4) is 0 Å². The molecule has 0 unspecified atom stereocenters. The Morgan fingerprint density at radius 2 is 2.20 bits per heavy atom. The predicted molar refractivity (Wildman–Crippen MR) is 72.9 cm³/mol. The smallest absolute Gasteiger partial charge is 0.308 e. The fourth-order valence-electron chi connectivity index (χ4n) is 2.90. The number of aliphatic carboxylic acids is 1. The van der Waals surface area contributed by atoms with E-state index in [1.54, 1.807) is 6.20 Å². The largest absolute Gasteiger partial charge is 0.481 e. The van der Waals surface area contributed by atoms with Crippen LogP contribution in [0.15, 0.2) is 18.5 Å². The molecule has 2 aromatic heterocycles. The molecule has 1 aliphatic carbocycles. The van der Waals surface area contributed by atoms with Crippen molar-refractivity contribution in [1.82, 2.24) is 14.6 Å². The minimum absolute atomic E-state index is 0.289. The highest BCUT2D eigenvalue weighted by Gasteiger charge is 2.31. The van der Waals surface area contributed by atoms with Crippen LogP contribution in [0.2, 0.25) is 0 Å². The molecule has 4 rings (SSSR count). The Morgan fingerprint density at radius 1 is 1.35 bits per heavy atom. The van der Waals surface area contributed by atoms with E-state index < -0.39 is 5.97 Å². The first kappa shape index (κ1) is 11.7. The average Bonchev–Trinajstić information content (AvgIpc) is 3.02. The molecule has 0 aromatic carbocycles. The van der Waals surface area contributed by atoms with Gasteiger partial charge in [0.15, 0.2) is 5.82 Å². The molecule has 1 aliphatic heterocycles. The summed E-state index contributed by atoms with van der Waals surface area (Å²) in [6.45, 7) is 1.28. The van der Waals surface area contributed by atoms with Gasteiger partial charge in [0.1, 0.15) is 5.52 Å². The molecular weight excluding hydrogens is 256 g/mol. The molecule has 1 N–H and O–H groups in total. The number of fused-ring (bicyclic) bond motifs is 1. The Bertz CT molecular complexity index is 677. The van der Waals surface area contributed by atoms with Crippen molar-refractivity contribution in [2.75, 3.05) is 18.0 Å². The van der Waals surface area contributed by atoms with Crippen LogP contribution < -0.4 is 4.90 Å². The zero-order valence-electron chi connectivity index (χ0n) is 11.1. The van der Waals surface area contributed by atoms with Crippen LogP contribution in [-0.4, -0.2) is 38.8 Å². The van der Waals surface area contributed by atoms with Crippen molar-refractivity contribution in [3.05, 3.63) is 24.2 Å². The van der Waals surface area contributed by atoms with Gasteiger partial charge in [-0.25, -0.2) is 9.50 Å². The van der Waals surface area contributed by atoms with Crippen molar-refractivity contribution in [3.63, 3.8) is 0 Å². The first-order chi connectivity index (χ1) is 9.72. The number of hydrogen-bond acceptors (Lipinski definition) is 4. The molecule has 0 bridgehead atoms. The molecule has 3 heterocycles. The van der Waals surface area contributed by atoms with Gasteiger partial charge in [0.2, 0.25) is 0 Å². The van der Waals surface area contributed by atoms with Gasteiger partial charge in [-0.2, -0.15) is 5.10 Å². The van der Waals surface area contributed by atoms with Crippen molar-refractivity contribution in [2.24, 2.45) is 5.92 Å². The molecule has 2 aromatic rings. The van der Waals surface area contributed by atoms with E-state index in [0.29, 0.717) is 18.9 Å². The molecule has 1 saturated carbocycles. The molecule has 6 nitrogen and oxygen atoms in total. The van der Waals surface area contributed by atoms with Crippen LogP contribution in [0.5, 0.6) is 0 Å². The van der Waals surface area contributed by atoms with Gasteiger partial charge in [-0.05, 0) is 25.3 Å². The van der Waals surface area contributed by atoms with Crippen LogP contribution in [0.1, 0.15) is 30.9 Å². The fourth-order valence-corrected chi connectivity index (χ4v) is 2.90. The monoisotopic (exact) mass is 272 g/mol. The quantitative estimate of drug-likeness (QED) is 0.917. The Kier molecular flexibility index (Phi) is 2.45. The van der Waals surface area contributed by atoms with E-state index in [9.17, 15) is 4.79 Å². The second kappa shape index (κ2) is 4.19. The fraction of sp³-hybridized carbons (Fsp3) is 0.500. The summed E-state index contributed by atoms with van der Waals surface area (Å²) in [5, 5.41) is 13.7. The lowest BCUT2D eigenvalue weighted by molar-refractivity contribution is -0.140. The Balaban J connectivity index is 1.70. The lowest BCUT2D eigenvalue weighted by Gasteiger charge is -2.17. The van der Waals surface area contributed by atoms with E-state index >= 15 is 0 Å². The van der Waals surface area contributed by atoms with Crippen LogP contribution in [0.3, 0.4) is 0 Å². The van der Waals surface area contributed by atoms with Crippen molar-refractivity contribution >= 4 is 17.3 Å². The maximum absolute atomic E-state index is 11.1. The molecule has 2 fully saturated rings. The number of carbonyl (C=O) groups is 1. The van der Waals surface area contributed by atoms with Gasteiger partial charge in [-0.3, -0.25) is 4.79 Å². The molecule has 20 heavy (non-hydrogen) atoms. The zero-order chi connectivity index (χ0) is 13.7. The Labute approximate surface area is 116 Å². The van der Waals surface area contributed by atoms with Gasteiger partial charge in [0.05, 0.1) is 11.6 Å². The third-order valence-corrected chi connectivity index (χ3v) is 4.22. The molecule has 104 valence electrons. The summed E-state index contributed by atoms with van der Waals surface area (Å²) in [7, 11) is 0. The van der Waals surface area contributed by atoms with Crippen LogP contribution in [-0.2, 0) is 4.79 Å². The van der Waals surface area contributed by atoms with Gasteiger partial charge in [0, 0.05) is 31.4 Å². The number of nitrogens with zero attached hydrogens (tertiary/aromatic N) is 4. The SMILES string of the molecule is O=C(O)[C@@H]1CCN(c2nccn3nc(C4CC4)cc23)C1. The van der Waals surface area contributed by atoms with Gasteiger partial charge < -0.3 is 10.0 Å². The molecule has 0 spiro atoms. The van der Waals surface area contributed by atoms with E-state index in [1.165, 1.54) is 12.8 Å². The minimum Gasteiger partial charge on any atom is -0.481 e.